The third-order valence-corrected chi connectivity index (χ3v) is 9.47. The number of hydrogen-bond donors (Lipinski definition) is 2. The van der Waals surface area contributed by atoms with Gasteiger partial charge in [0.05, 0.1) is 11.9 Å². The number of aryl methyl sites for hydroxylation is 1. The van der Waals surface area contributed by atoms with Crippen molar-refractivity contribution >= 4 is 41.4 Å². The summed E-state index contributed by atoms with van der Waals surface area (Å²) in [5.41, 5.74) is 3.43. The fraction of sp³-hybridized carbons (Fsp3) is 0.361. The highest BCUT2D eigenvalue weighted by atomic mass is 32.2. The van der Waals surface area contributed by atoms with Crippen LogP contribution in [0.15, 0.2) is 72.8 Å². The Balaban J connectivity index is 1.67. The number of nitrogens with zero attached hydrogens (tertiary/aromatic N) is 1. The lowest BCUT2D eigenvalue weighted by atomic mass is 9.96. The molecule has 3 aromatic rings. The average Bonchev–Trinajstić information content (AvgIpc) is 3.34. The molecule has 11 heteroatoms. The van der Waals surface area contributed by atoms with Crippen molar-refractivity contribution in [3.05, 3.63) is 101 Å². The van der Waals surface area contributed by atoms with Crippen LogP contribution in [0.1, 0.15) is 60.3 Å². The van der Waals surface area contributed by atoms with Gasteiger partial charge in [-0.05, 0) is 62.9 Å². The highest BCUT2D eigenvalue weighted by molar-refractivity contribution is 8.00. The van der Waals surface area contributed by atoms with Gasteiger partial charge < -0.3 is 25.0 Å². The van der Waals surface area contributed by atoms with Gasteiger partial charge in [0.2, 0.25) is 12.0 Å². The number of carbonyl (C=O) groups excluding carboxylic acids is 5. The molecule has 1 aliphatic heterocycles. The standard InChI is InChI=1S/C36H41N3O7S/c1-22-13-10-11-16-27(22)20-37-34(43)32-36(5,6)47-21-39(32)35(44)31(46-25(4)41)29(19-26-14-8-7-9-15-26)38-33(42)28-17-12-18-30(23(28)2)45-24(3)40/h7-18,29,31-32H,19-21H2,1-6H3,(H,37,43)(H,38,42)/t29?,31-,32?/m0/s1. The lowest BCUT2D eigenvalue weighted by Crippen LogP contribution is -2.59. The Morgan fingerprint density at radius 1 is 0.915 bits per heavy atom. The summed E-state index contributed by atoms with van der Waals surface area (Å²) in [5, 5.41) is 5.91. The van der Waals surface area contributed by atoms with Crippen molar-refractivity contribution in [2.24, 2.45) is 0 Å². The number of rotatable bonds is 11. The number of amides is 3. The molecule has 0 aromatic heterocycles. The molecule has 0 aliphatic carbocycles. The monoisotopic (exact) mass is 659 g/mol. The molecule has 0 radical (unpaired) electrons. The van der Waals surface area contributed by atoms with Crippen LogP contribution in [-0.4, -0.2) is 63.4 Å². The predicted molar refractivity (Wildman–Crippen MR) is 180 cm³/mol. The van der Waals surface area contributed by atoms with Gasteiger partial charge in [0, 0.05) is 36.3 Å². The van der Waals surface area contributed by atoms with E-state index in [2.05, 4.69) is 10.6 Å². The van der Waals surface area contributed by atoms with E-state index in [1.165, 1.54) is 30.5 Å². The summed E-state index contributed by atoms with van der Waals surface area (Å²) in [5.74, 6) is -2.31. The summed E-state index contributed by atoms with van der Waals surface area (Å²) in [6, 6.07) is 19.8. The molecule has 3 aromatic carbocycles. The Morgan fingerprint density at radius 3 is 2.26 bits per heavy atom. The van der Waals surface area contributed by atoms with E-state index in [9.17, 15) is 24.0 Å². The third-order valence-electron chi connectivity index (χ3n) is 8.09. The quantitative estimate of drug-likeness (QED) is 0.227. The summed E-state index contributed by atoms with van der Waals surface area (Å²) < 4.78 is 10.3. The van der Waals surface area contributed by atoms with Crippen molar-refractivity contribution in [1.29, 1.82) is 0 Å². The number of ether oxygens (including phenoxy) is 2. The summed E-state index contributed by atoms with van der Waals surface area (Å²) in [7, 11) is 0. The van der Waals surface area contributed by atoms with Gasteiger partial charge in [0.1, 0.15) is 11.8 Å². The number of thioether (sulfide) groups is 1. The van der Waals surface area contributed by atoms with E-state index >= 15 is 0 Å². The van der Waals surface area contributed by atoms with Gasteiger partial charge >= 0.3 is 11.9 Å². The molecule has 4 rings (SSSR count). The molecule has 0 saturated carbocycles. The third kappa shape index (κ3) is 8.79. The molecule has 1 fully saturated rings. The first kappa shape index (κ1) is 35.2. The highest BCUT2D eigenvalue weighted by Gasteiger charge is 2.50. The van der Waals surface area contributed by atoms with Crippen LogP contribution in [0.4, 0.5) is 0 Å². The van der Waals surface area contributed by atoms with Crippen LogP contribution in [0, 0.1) is 13.8 Å². The Hall–Kier alpha value is -4.64. The number of nitrogens with one attached hydrogen (secondary N) is 2. The summed E-state index contributed by atoms with van der Waals surface area (Å²) in [6.45, 7) is 10.2. The summed E-state index contributed by atoms with van der Waals surface area (Å²) in [6.07, 6.45) is -1.30. The van der Waals surface area contributed by atoms with Crippen molar-refractivity contribution in [1.82, 2.24) is 15.5 Å². The topological polar surface area (TPSA) is 131 Å². The molecule has 1 aliphatic rings. The van der Waals surface area contributed by atoms with Gasteiger partial charge in [0.15, 0.2) is 0 Å². The van der Waals surface area contributed by atoms with E-state index in [-0.39, 0.29) is 36.1 Å². The molecule has 248 valence electrons. The largest absolute Gasteiger partial charge is 0.450 e. The number of benzene rings is 3. The molecule has 1 saturated heterocycles. The lowest BCUT2D eigenvalue weighted by molar-refractivity contribution is -0.162. The molecule has 1 heterocycles. The first-order valence-electron chi connectivity index (χ1n) is 15.3. The maximum absolute atomic E-state index is 14.5. The minimum absolute atomic E-state index is 0.146. The van der Waals surface area contributed by atoms with Gasteiger partial charge in [-0.25, -0.2) is 0 Å². The molecular weight excluding hydrogens is 618 g/mol. The number of esters is 2. The van der Waals surface area contributed by atoms with Gasteiger partial charge in [-0.3, -0.25) is 24.0 Å². The first-order valence-corrected chi connectivity index (χ1v) is 16.3. The van der Waals surface area contributed by atoms with Crippen molar-refractivity contribution in [2.75, 3.05) is 5.88 Å². The summed E-state index contributed by atoms with van der Waals surface area (Å²) in [4.78, 5) is 67.5. The Bertz CT molecular complexity index is 1640. The van der Waals surface area contributed by atoms with Crippen molar-refractivity contribution in [3.63, 3.8) is 0 Å². The number of carbonyl (C=O) groups is 5. The average molecular weight is 660 g/mol. The van der Waals surface area contributed by atoms with E-state index in [0.29, 0.717) is 5.56 Å². The number of hydrogen-bond acceptors (Lipinski definition) is 8. The van der Waals surface area contributed by atoms with Crippen molar-refractivity contribution < 1.29 is 33.4 Å². The molecule has 2 unspecified atom stereocenters. The summed E-state index contributed by atoms with van der Waals surface area (Å²) >= 11 is 1.44. The molecule has 47 heavy (non-hydrogen) atoms. The van der Waals surface area contributed by atoms with E-state index in [4.69, 9.17) is 9.47 Å². The predicted octanol–water partition coefficient (Wildman–Crippen LogP) is 4.50. The van der Waals surface area contributed by atoms with Crippen LogP contribution in [0.25, 0.3) is 0 Å². The SMILES string of the molecule is CC(=O)Oc1cccc(C(=O)NC(Cc2ccccc2)[C@H](OC(C)=O)C(=O)N2CSC(C)(C)C2C(=O)NCc2ccccc2C)c1C. The molecule has 3 amide bonds. The van der Waals surface area contributed by atoms with Crippen LogP contribution in [-0.2, 0) is 36.9 Å². The van der Waals surface area contributed by atoms with Gasteiger partial charge in [-0.2, -0.15) is 0 Å². The second kappa shape index (κ2) is 15.3. The lowest BCUT2D eigenvalue weighted by Gasteiger charge is -2.34. The molecule has 3 atom stereocenters. The zero-order chi connectivity index (χ0) is 34.3. The minimum atomic E-state index is -1.45. The van der Waals surface area contributed by atoms with Gasteiger partial charge in [0.25, 0.3) is 11.8 Å². The zero-order valence-corrected chi connectivity index (χ0v) is 28.3. The molecule has 0 spiro atoms. The fourth-order valence-corrected chi connectivity index (χ4v) is 6.76. The second-order valence-corrected chi connectivity index (χ2v) is 13.7. The Labute approximate surface area is 279 Å². The molecule has 10 nitrogen and oxygen atoms in total. The van der Waals surface area contributed by atoms with E-state index < -0.39 is 46.7 Å². The second-order valence-electron chi connectivity index (χ2n) is 12.1. The molecular formula is C36H41N3O7S. The van der Waals surface area contributed by atoms with E-state index in [1.54, 1.807) is 25.1 Å². The van der Waals surface area contributed by atoms with Crippen LogP contribution < -0.4 is 15.4 Å². The normalized spacial score (nSPS) is 16.5. The fourth-order valence-electron chi connectivity index (χ4n) is 5.62. The Kier molecular flexibility index (Phi) is 11.5. The smallest absolute Gasteiger partial charge is 0.308 e. The first-order chi connectivity index (χ1) is 22.3. The molecule has 0 bridgehead atoms. The van der Waals surface area contributed by atoms with Crippen molar-refractivity contribution in [3.8, 4) is 5.75 Å². The maximum Gasteiger partial charge on any atom is 0.308 e. The Morgan fingerprint density at radius 2 is 1.60 bits per heavy atom. The zero-order valence-electron chi connectivity index (χ0n) is 27.5. The van der Waals surface area contributed by atoms with E-state index in [1.807, 2.05) is 75.4 Å². The van der Waals surface area contributed by atoms with Crippen LogP contribution in [0.3, 0.4) is 0 Å². The van der Waals surface area contributed by atoms with E-state index in [0.717, 1.165) is 16.7 Å². The van der Waals surface area contributed by atoms with Crippen LogP contribution >= 0.6 is 11.8 Å². The van der Waals surface area contributed by atoms with Crippen molar-refractivity contribution in [2.45, 2.75) is 77.4 Å². The minimum Gasteiger partial charge on any atom is -0.450 e. The van der Waals surface area contributed by atoms with Gasteiger partial charge in [-0.1, -0.05) is 60.7 Å². The maximum atomic E-state index is 14.5. The highest BCUT2D eigenvalue weighted by Crippen LogP contribution is 2.40. The van der Waals surface area contributed by atoms with Gasteiger partial charge in [-0.15, -0.1) is 11.8 Å². The van der Waals surface area contributed by atoms with Crippen LogP contribution in [0.2, 0.25) is 0 Å². The van der Waals surface area contributed by atoms with Crippen LogP contribution in [0.5, 0.6) is 5.75 Å². The molecule has 2 N–H and O–H groups in total.